The van der Waals surface area contributed by atoms with Crippen LogP contribution in [0, 0.1) is 0 Å². The van der Waals surface area contributed by atoms with Crippen LogP contribution in [0.3, 0.4) is 0 Å². The van der Waals surface area contributed by atoms with Crippen LogP contribution in [0.25, 0.3) is 0 Å². The van der Waals surface area contributed by atoms with Crippen molar-refractivity contribution in [3.63, 3.8) is 0 Å². The molecule has 0 N–H and O–H groups in total. The van der Waals surface area contributed by atoms with Gasteiger partial charge in [0.25, 0.3) is 0 Å². The number of hydrogen-bond donors (Lipinski definition) is 0. The third-order valence-electron chi connectivity index (χ3n) is 1.46. The van der Waals surface area contributed by atoms with E-state index >= 15 is 0 Å². The van der Waals surface area contributed by atoms with E-state index in [1.54, 1.807) is 0 Å². The van der Waals surface area contributed by atoms with Crippen molar-refractivity contribution in [2.75, 3.05) is 7.11 Å². The molecule has 0 amide bonds. The summed E-state index contributed by atoms with van der Waals surface area (Å²) in [5, 5.41) is 0. The number of aryl methyl sites for hydroxylation is 1. The Labute approximate surface area is 83.7 Å². The Morgan fingerprint density at radius 2 is 2.42 bits per heavy atom. The molecule has 2 nitrogen and oxygen atoms in total. The molecule has 66 valence electrons. The van der Waals surface area contributed by atoms with Gasteiger partial charge >= 0.3 is 5.97 Å². The highest BCUT2D eigenvalue weighted by atomic mass is 79.9. The molecule has 1 aromatic rings. The first-order chi connectivity index (χ1) is 5.69. The first kappa shape index (κ1) is 9.74. The van der Waals surface area contributed by atoms with Crippen LogP contribution >= 0.6 is 27.3 Å². The lowest BCUT2D eigenvalue weighted by molar-refractivity contribution is 0.0605. The number of halogens is 1. The monoisotopic (exact) mass is 248 g/mol. The van der Waals surface area contributed by atoms with E-state index in [0.29, 0.717) is 4.88 Å². The molecule has 1 rings (SSSR count). The van der Waals surface area contributed by atoms with Gasteiger partial charge in [0.2, 0.25) is 0 Å². The maximum absolute atomic E-state index is 11.1. The van der Waals surface area contributed by atoms with E-state index in [2.05, 4.69) is 27.6 Å². The van der Waals surface area contributed by atoms with Crippen LogP contribution in [-0.4, -0.2) is 13.1 Å². The number of esters is 1. The van der Waals surface area contributed by atoms with E-state index < -0.39 is 0 Å². The van der Waals surface area contributed by atoms with Crippen LogP contribution < -0.4 is 0 Å². The molecular weight excluding hydrogens is 240 g/mol. The number of methoxy groups -OCH3 is 1. The molecule has 0 aliphatic carbocycles. The van der Waals surface area contributed by atoms with Gasteiger partial charge in [-0.25, -0.2) is 4.79 Å². The zero-order valence-electron chi connectivity index (χ0n) is 6.89. The molecule has 0 aliphatic heterocycles. The molecule has 0 radical (unpaired) electrons. The summed E-state index contributed by atoms with van der Waals surface area (Å²) in [6.07, 6.45) is 0.945. The fourth-order valence-corrected chi connectivity index (χ4v) is 2.56. The highest BCUT2D eigenvalue weighted by molar-refractivity contribution is 9.10. The van der Waals surface area contributed by atoms with Crippen molar-refractivity contribution in [2.24, 2.45) is 0 Å². The minimum atomic E-state index is -0.272. The molecule has 12 heavy (non-hydrogen) atoms. The summed E-state index contributed by atoms with van der Waals surface area (Å²) in [6.45, 7) is 2.05. The van der Waals surface area contributed by atoms with E-state index in [-0.39, 0.29) is 5.97 Å². The van der Waals surface area contributed by atoms with Gasteiger partial charge in [0.05, 0.1) is 7.11 Å². The van der Waals surface area contributed by atoms with E-state index in [1.807, 2.05) is 6.07 Å². The normalized spacial score (nSPS) is 9.92. The highest BCUT2D eigenvalue weighted by Crippen LogP contribution is 2.28. The average Bonchev–Trinajstić information content (AvgIpc) is 2.45. The molecule has 0 aromatic carbocycles. The first-order valence-electron chi connectivity index (χ1n) is 3.55. The number of hydrogen-bond acceptors (Lipinski definition) is 3. The Kier molecular flexibility index (Phi) is 3.29. The zero-order chi connectivity index (χ0) is 9.14. The topological polar surface area (TPSA) is 26.3 Å². The summed E-state index contributed by atoms with van der Waals surface area (Å²) in [5.41, 5.74) is 0. The summed E-state index contributed by atoms with van der Waals surface area (Å²) in [4.78, 5) is 13.0. The largest absolute Gasteiger partial charge is 0.465 e. The maximum Gasteiger partial charge on any atom is 0.349 e. The lowest BCUT2D eigenvalue weighted by Gasteiger charge is -1.93. The second-order valence-corrected chi connectivity index (χ2v) is 4.23. The Hall–Kier alpha value is -0.350. The predicted molar refractivity (Wildman–Crippen MR) is 52.7 cm³/mol. The van der Waals surface area contributed by atoms with E-state index in [4.69, 9.17) is 0 Å². The summed E-state index contributed by atoms with van der Waals surface area (Å²) in [7, 11) is 1.39. The molecule has 0 bridgehead atoms. The van der Waals surface area contributed by atoms with Crippen molar-refractivity contribution in [3.05, 3.63) is 20.3 Å². The van der Waals surface area contributed by atoms with E-state index in [9.17, 15) is 4.79 Å². The Morgan fingerprint density at radius 3 is 2.83 bits per heavy atom. The first-order valence-corrected chi connectivity index (χ1v) is 5.16. The predicted octanol–water partition coefficient (Wildman–Crippen LogP) is 2.86. The number of carbonyl (C=O) groups excluding carboxylic acids is 1. The summed E-state index contributed by atoms with van der Waals surface area (Å²) < 4.78 is 5.45. The van der Waals surface area contributed by atoms with Crippen molar-refractivity contribution >= 4 is 33.2 Å². The molecule has 0 atom stereocenters. The van der Waals surface area contributed by atoms with E-state index in [0.717, 1.165) is 10.9 Å². The molecular formula is C8H9BrO2S. The van der Waals surface area contributed by atoms with Crippen LogP contribution in [0.2, 0.25) is 0 Å². The van der Waals surface area contributed by atoms with Gasteiger partial charge in [-0.2, -0.15) is 0 Å². The molecule has 0 fully saturated rings. The molecule has 0 saturated carbocycles. The molecule has 1 heterocycles. The third-order valence-corrected chi connectivity index (χ3v) is 3.60. The molecule has 0 unspecified atom stereocenters. The number of rotatable bonds is 2. The van der Waals surface area contributed by atoms with Gasteiger partial charge in [-0.15, -0.1) is 11.3 Å². The zero-order valence-corrected chi connectivity index (χ0v) is 9.29. The molecule has 1 aromatic heterocycles. The van der Waals surface area contributed by atoms with Crippen LogP contribution in [0.1, 0.15) is 21.5 Å². The van der Waals surface area contributed by atoms with Crippen molar-refractivity contribution in [3.8, 4) is 0 Å². The lowest BCUT2D eigenvalue weighted by atomic mass is 10.4. The van der Waals surface area contributed by atoms with Crippen LogP contribution in [0.5, 0.6) is 0 Å². The van der Waals surface area contributed by atoms with E-state index in [1.165, 1.54) is 23.3 Å². The summed E-state index contributed by atoms with van der Waals surface area (Å²) >= 11 is 4.78. The fourth-order valence-electron chi connectivity index (χ4n) is 0.822. The van der Waals surface area contributed by atoms with Gasteiger partial charge in [-0.1, -0.05) is 6.92 Å². The second-order valence-electron chi connectivity index (χ2n) is 2.23. The van der Waals surface area contributed by atoms with Crippen LogP contribution in [0.15, 0.2) is 10.5 Å². The highest BCUT2D eigenvalue weighted by Gasteiger charge is 2.13. The SMILES string of the molecule is CCc1cc(Br)c(C(=O)OC)s1. The Morgan fingerprint density at radius 1 is 1.75 bits per heavy atom. The van der Waals surface area contributed by atoms with Gasteiger partial charge in [0.15, 0.2) is 0 Å². The van der Waals surface area contributed by atoms with Crippen LogP contribution in [-0.2, 0) is 11.2 Å². The standard InChI is InChI=1S/C8H9BrO2S/c1-3-5-4-6(9)7(12-5)8(10)11-2/h4H,3H2,1-2H3. The second kappa shape index (κ2) is 4.05. The molecule has 0 spiro atoms. The maximum atomic E-state index is 11.1. The quantitative estimate of drug-likeness (QED) is 0.753. The Balaban J connectivity index is 2.99. The van der Waals surface area contributed by atoms with Gasteiger partial charge in [-0.3, -0.25) is 0 Å². The fraction of sp³-hybridized carbons (Fsp3) is 0.375. The van der Waals surface area contributed by atoms with Crippen molar-refractivity contribution in [1.29, 1.82) is 0 Å². The average molecular weight is 249 g/mol. The number of thiophene rings is 1. The smallest absolute Gasteiger partial charge is 0.349 e. The van der Waals surface area contributed by atoms with Crippen LogP contribution in [0.4, 0.5) is 0 Å². The third kappa shape index (κ3) is 1.87. The van der Waals surface area contributed by atoms with Gasteiger partial charge < -0.3 is 4.74 Å². The van der Waals surface area contributed by atoms with Crippen molar-refractivity contribution in [1.82, 2.24) is 0 Å². The molecule has 4 heteroatoms. The van der Waals surface area contributed by atoms with Crippen molar-refractivity contribution < 1.29 is 9.53 Å². The number of ether oxygens (including phenoxy) is 1. The summed E-state index contributed by atoms with van der Waals surface area (Å²) in [5.74, 6) is -0.272. The van der Waals surface area contributed by atoms with Gasteiger partial charge in [0.1, 0.15) is 4.88 Å². The lowest BCUT2D eigenvalue weighted by Crippen LogP contribution is -1.97. The minimum absolute atomic E-state index is 0.272. The Bertz CT molecular complexity index is 293. The van der Waals surface area contributed by atoms with Gasteiger partial charge in [0, 0.05) is 9.35 Å². The molecule has 0 saturated heterocycles. The molecule has 0 aliphatic rings. The van der Waals surface area contributed by atoms with Gasteiger partial charge in [-0.05, 0) is 28.4 Å². The minimum Gasteiger partial charge on any atom is -0.465 e. The summed E-state index contributed by atoms with van der Waals surface area (Å²) in [6, 6.07) is 1.96. The van der Waals surface area contributed by atoms with Crippen molar-refractivity contribution in [2.45, 2.75) is 13.3 Å². The number of carbonyl (C=O) groups is 1.